The average Bonchev–Trinajstić information content (AvgIpc) is 2.83. The lowest BCUT2D eigenvalue weighted by Crippen LogP contribution is -2.37. The summed E-state index contributed by atoms with van der Waals surface area (Å²) < 4.78 is 51.0. The van der Waals surface area contributed by atoms with E-state index in [2.05, 4.69) is 20.3 Å². The Labute approximate surface area is 200 Å². The standard InChI is InChI=1S/C25H24F3N5O2/c1-3-34-21(25(26,27)28)14-32-19-8-4-6-17-16(19)10-9-15(2)22(17)35-23-18(7-5-12-30-23)20-11-13-31-24(29)33-20/h4-13,21,32H,3,14H2,1-2H3,(H2,29,31,33)/t21-/m0/s1. The van der Waals surface area contributed by atoms with Crippen LogP contribution in [-0.4, -0.2) is 40.4 Å². The van der Waals surface area contributed by atoms with Crippen molar-refractivity contribution in [3.8, 4) is 22.9 Å². The van der Waals surface area contributed by atoms with Crippen molar-refractivity contribution in [2.45, 2.75) is 26.1 Å². The van der Waals surface area contributed by atoms with Crippen molar-refractivity contribution in [2.24, 2.45) is 0 Å². The van der Waals surface area contributed by atoms with Crippen LogP contribution in [0, 0.1) is 6.92 Å². The molecule has 3 N–H and O–H groups in total. The van der Waals surface area contributed by atoms with Gasteiger partial charge in [-0.05, 0) is 43.7 Å². The first-order valence-corrected chi connectivity index (χ1v) is 10.9. The number of nitrogen functional groups attached to an aromatic ring is 1. The molecule has 0 saturated carbocycles. The molecule has 0 saturated heterocycles. The first kappa shape index (κ1) is 24.2. The third-order valence-electron chi connectivity index (χ3n) is 5.34. The second kappa shape index (κ2) is 10.1. The van der Waals surface area contributed by atoms with Gasteiger partial charge in [0.05, 0.1) is 17.8 Å². The molecule has 182 valence electrons. The number of ether oxygens (including phenoxy) is 2. The monoisotopic (exact) mass is 483 g/mol. The minimum Gasteiger partial charge on any atom is -0.437 e. The average molecular weight is 483 g/mol. The van der Waals surface area contributed by atoms with E-state index in [1.165, 1.54) is 6.92 Å². The summed E-state index contributed by atoms with van der Waals surface area (Å²) in [5.74, 6) is 0.969. The minimum absolute atomic E-state index is 0.0387. The highest BCUT2D eigenvalue weighted by molar-refractivity contribution is 5.98. The quantitative estimate of drug-likeness (QED) is 0.329. The summed E-state index contributed by atoms with van der Waals surface area (Å²) in [5.41, 5.74) is 8.28. The Morgan fingerprint density at radius 3 is 2.57 bits per heavy atom. The highest BCUT2D eigenvalue weighted by atomic mass is 19.4. The number of fused-ring (bicyclic) bond motifs is 1. The van der Waals surface area contributed by atoms with Gasteiger partial charge in [0, 0.05) is 35.5 Å². The van der Waals surface area contributed by atoms with Gasteiger partial charge in [0.2, 0.25) is 11.8 Å². The lowest BCUT2D eigenvalue weighted by molar-refractivity contribution is -0.214. The van der Waals surface area contributed by atoms with Gasteiger partial charge in [-0.1, -0.05) is 24.3 Å². The summed E-state index contributed by atoms with van der Waals surface area (Å²) in [7, 11) is 0. The summed E-state index contributed by atoms with van der Waals surface area (Å²) in [6, 6.07) is 14.3. The number of nitrogens with one attached hydrogen (secondary N) is 1. The number of hydrogen-bond acceptors (Lipinski definition) is 7. The smallest absolute Gasteiger partial charge is 0.416 e. The number of benzene rings is 2. The molecule has 2 aromatic carbocycles. The zero-order valence-electron chi connectivity index (χ0n) is 19.1. The highest BCUT2D eigenvalue weighted by Gasteiger charge is 2.40. The number of alkyl halides is 3. The number of hydrogen-bond donors (Lipinski definition) is 2. The molecule has 0 spiro atoms. The van der Waals surface area contributed by atoms with Crippen molar-refractivity contribution in [3.63, 3.8) is 0 Å². The third-order valence-corrected chi connectivity index (χ3v) is 5.34. The number of rotatable bonds is 8. The van der Waals surface area contributed by atoms with Gasteiger partial charge in [0.25, 0.3) is 0 Å². The van der Waals surface area contributed by atoms with Gasteiger partial charge in [-0.25, -0.2) is 15.0 Å². The summed E-state index contributed by atoms with van der Waals surface area (Å²) in [4.78, 5) is 12.5. The Morgan fingerprint density at radius 1 is 1.00 bits per heavy atom. The molecule has 2 aromatic heterocycles. The fraction of sp³-hybridized carbons (Fsp3) is 0.240. The number of nitrogens with two attached hydrogens (primary N) is 1. The van der Waals surface area contributed by atoms with Crippen LogP contribution in [0.15, 0.2) is 60.9 Å². The predicted octanol–water partition coefficient (Wildman–Crippen LogP) is 5.75. The molecule has 0 fully saturated rings. The summed E-state index contributed by atoms with van der Waals surface area (Å²) >= 11 is 0. The SMILES string of the molecule is CCO[C@@H](CNc1cccc2c(Oc3ncccc3-c3ccnc(N)n3)c(C)ccc12)C(F)(F)F. The van der Waals surface area contributed by atoms with Crippen LogP contribution in [0.1, 0.15) is 12.5 Å². The van der Waals surface area contributed by atoms with Gasteiger partial charge in [-0.3, -0.25) is 0 Å². The molecule has 0 unspecified atom stereocenters. The molecule has 7 nitrogen and oxygen atoms in total. The van der Waals surface area contributed by atoms with Crippen molar-refractivity contribution in [1.82, 2.24) is 15.0 Å². The van der Waals surface area contributed by atoms with Gasteiger partial charge in [0.1, 0.15) is 5.75 Å². The number of pyridine rings is 1. The molecule has 0 bridgehead atoms. The molecule has 0 aliphatic carbocycles. The van der Waals surface area contributed by atoms with Crippen molar-refractivity contribution < 1.29 is 22.6 Å². The van der Waals surface area contributed by atoms with E-state index >= 15 is 0 Å². The van der Waals surface area contributed by atoms with Crippen molar-refractivity contribution in [3.05, 3.63) is 66.5 Å². The molecule has 35 heavy (non-hydrogen) atoms. The van der Waals surface area contributed by atoms with E-state index in [1.807, 2.05) is 31.2 Å². The molecule has 10 heteroatoms. The van der Waals surface area contributed by atoms with Crippen LogP contribution >= 0.6 is 0 Å². The molecule has 4 rings (SSSR count). The molecule has 0 amide bonds. The van der Waals surface area contributed by atoms with E-state index < -0.39 is 18.8 Å². The Bertz CT molecular complexity index is 1330. The molecule has 2 heterocycles. The summed E-state index contributed by atoms with van der Waals surface area (Å²) in [6.45, 7) is 2.96. The zero-order chi connectivity index (χ0) is 25.0. The normalized spacial score (nSPS) is 12.5. The maximum absolute atomic E-state index is 13.3. The number of aryl methyl sites for hydroxylation is 1. The Hall–Kier alpha value is -3.92. The van der Waals surface area contributed by atoms with E-state index in [9.17, 15) is 13.2 Å². The molecule has 1 atom stereocenters. The lowest BCUT2D eigenvalue weighted by atomic mass is 10.0. The van der Waals surface area contributed by atoms with Crippen LogP contribution in [0.5, 0.6) is 11.6 Å². The highest BCUT2D eigenvalue weighted by Crippen LogP contribution is 2.38. The summed E-state index contributed by atoms with van der Waals surface area (Å²) in [5, 5.41) is 4.31. The van der Waals surface area contributed by atoms with E-state index in [1.54, 1.807) is 36.7 Å². The van der Waals surface area contributed by atoms with Crippen LogP contribution in [0.4, 0.5) is 24.8 Å². The number of anilines is 2. The van der Waals surface area contributed by atoms with Crippen LogP contribution < -0.4 is 15.8 Å². The Kier molecular flexibility index (Phi) is 7.02. The maximum atomic E-state index is 13.3. The number of aromatic nitrogens is 3. The number of nitrogens with zero attached hydrogens (tertiary/aromatic N) is 3. The van der Waals surface area contributed by atoms with Crippen LogP contribution in [0.2, 0.25) is 0 Å². The van der Waals surface area contributed by atoms with E-state index in [4.69, 9.17) is 15.2 Å². The van der Waals surface area contributed by atoms with E-state index in [-0.39, 0.29) is 12.6 Å². The van der Waals surface area contributed by atoms with Crippen LogP contribution in [-0.2, 0) is 4.74 Å². The predicted molar refractivity (Wildman–Crippen MR) is 128 cm³/mol. The second-order valence-corrected chi connectivity index (χ2v) is 7.74. The first-order valence-electron chi connectivity index (χ1n) is 10.9. The van der Waals surface area contributed by atoms with Crippen molar-refractivity contribution in [2.75, 3.05) is 24.2 Å². The first-order chi connectivity index (χ1) is 16.8. The molecular formula is C25H24F3N5O2. The van der Waals surface area contributed by atoms with Gasteiger partial charge >= 0.3 is 6.18 Å². The molecular weight excluding hydrogens is 459 g/mol. The fourth-order valence-corrected chi connectivity index (χ4v) is 3.69. The van der Waals surface area contributed by atoms with Gasteiger partial charge in [0.15, 0.2) is 6.10 Å². The minimum atomic E-state index is -4.47. The van der Waals surface area contributed by atoms with Crippen molar-refractivity contribution in [1.29, 1.82) is 0 Å². The third kappa shape index (κ3) is 5.43. The molecule has 4 aromatic rings. The Morgan fingerprint density at radius 2 is 1.83 bits per heavy atom. The van der Waals surface area contributed by atoms with E-state index in [0.29, 0.717) is 39.3 Å². The van der Waals surface area contributed by atoms with E-state index in [0.717, 1.165) is 5.56 Å². The molecule has 0 aliphatic heterocycles. The van der Waals surface area contributed by atoms with Crippen LogP contribution in [0.25, 0.3) is 22.0 Å². The lowest BCUT2D eigenvalue weighted by Gasteiger charge is -2.22. The number of halogens is 3. The fourth-order valence-electron chi connectivity index (χ4n) is 3.69. The zero-order valence-corrected chi connectivity index (χ0v) is 19.1. The maximum Gasteiger partial charge on any atom is 0.416 e. The summed E-state index contributed by atoms with van der Waals surface area (Å²) in [6.07, 6.45) is -3.24. The van der Waals surface area contributed by atoms with Gasteiger partial charge < -0.3 is 20.5 Å². The van der Waals surface area contributed by atoms with Crippen LogP contribution in [0.3, 0.4) is 0 Å². The second-order valence-electron chi connectivity index (χ2n) is 7.74. The Balaban J connectivity index is 1.70. The molecule has 0 aliphatic rings. The van der Waals surface area contributed by atoms with Gasteiger partial charge in [-0.2, -0.15) is 13.2 Å². The van der Waals surface area contributed by atoms with Crippen molar-refractivity contribution >= 4 is 22.4 Å². The largest absolute Gasteiger partial charge is 0.437 e. The molecule has 0 radical (unpaired) electrons. The van der Waals surface area contributed by atoms with Gasteiger partial charge in [-0.15, -0.1) is 0 Å². The topological polar surface area (TPSA) is 95.2 Å².